The van der Waals surface area contributed by atoms with Crippen molar-refractivity contribution in [2.75, 3.05) is 31.1 Å². The molecule has 7 heteroatoms. The Hall–Kier alpha value is -1.63. The minimum Gasteiger partial charge on any atom is -0.351 e. The molecule has 3 aliphatic carbocycles. The molecule has 6 rings (SSSR count). The van der Waals surface area contributed by atoms with Gasteiger partial charge in [-0.15, -0.1) is 0 Å². The Bertz CT molecular complexity index is 784. The number of amides is 1. The van der Waals surface area contributed by atoms with Gasteiger partial charge in [0.05, 0.1) is 0 Å². The number of nitrogens with one attached hydrogen (secondary N) is 1. The highest BCUT2D eigenvalue weighted by atomic mass is 16.5. The van der Waals surface area contributed by atoms with Gasteiger partial charge < -0.3 is 14.7 Å². The number of likely N-dealkylation sites (tertiary alicyclic amines) is 1. The van der Waals surface area contributed by atoms with Crippen LogP contribution in [-0.2, 0) is 4.79 Å². The third-order valence-electron chi connectivity index (χ3n) is 8.49. The van der Waals surface area contributed by atoms with E-state index in [0.717, 1.165) is 39.0 Å². The third-order valence-corrected chi connectivity index (χ3v) is 8.49. The molecule has 5 aliphatic rings. The van der Waals surface area contributed by atoms with Crippen LogP contribution in [0.3, 0.4) is 0 Å². The molecule has 152 valence electrons. The number of anilines is 1. The van der Waals surface area contributed by atoms with Gasteiger partial charge in [-0.25, -0.2) is 0 Å². The smallest absolute Gasteiger partial charge is 0.324 e. The van der Waals surface area contributed by atoms with Gasteiger partial charge in [0.25, 0.3) is 0 Å². The average molecular weight is 386 g/mol. The van der Waals surface area contributed by atoms with Crippen LogP contribution in [0.5, 0.6) is 0 Å². The Morgan fingerprint density at radius 3 is 2.57 bits per heavy atom. The molecular weight excluding hydrogens is 354 g/mol. The van der Waals surface area contributed by atoms with Gasteiger partial charge in [-0.2, -0.15) is 4.98 Å². The number of nitrogens with zero attached hydrogens (tertiary/aromatic N) is 4. The standard InChI is InChI=1S/C21H31N5O2/c1-13-22-19(28-24-13)25-7-6-21(12-25)8-14(9-21)26-10-15-16(11-26)17(15)18(27)23-20(2)4-3-5-20/h14-17H,3-12H2,1-2H3,(H,23,27). The van der Waals surface area contributed by atoms with Gasteiger partial charge in [-0.05, 0) is 69.6 Å². The monoisotopic (exact) mass is 385 g/mol. The molecule has 2 aliphatic heterocycles. The van der Waals surface area contributed by atoms with Crippen LogP contribution in [0.1, 0.15) is 51.3 Å². The second kappa shape index (κ2) is 5.71. The number of hydrogen-bond acceptors (Lipinski definition) is 6. The fourth-order valence-corrected chi connectivity index (χ4v) is 6.50. The molecule has 0 bridgehead atoms. The minimum absolute atomic E-state index is 0.0965. The summed E-state index contributed by atoms with van der Waals surface area (Å²) in [5.41, 5.74) is 0.536. The van der Waals surface area contributed by atoms with Crippen molar-refractivity contribution >= 4 is 11.9 Å². The quantitative estimate of drug-likeness (QED) is 0.854. The van der Waals surface area contributed by atoms with Gasteiger partial charge in [-0.3, -0.25) is 9.69 Å². The topological polar surface area (TPSA) is 74.5 Å². The number of carbonyl (C=O) groups excluding carboxylic acids is 1. The summed E-state index contributed by atoms with van der Waals surface area (Å²) >= 11 is 0. The summed E-state index contributed by atoms with van der Waals surface area (Å²) in [6, 6.07) is 1.40. The molecule has 28 heavy (non-hydrogen) atoms. The van der Waals surface area contributed by atoms with Crippen LogP contribution in [0.4, 0.5) is 6.01 Å². The second-order valence-electron chi connectivity index (χ2n) is 10.6. The Morgan fingerprint density at radius 1 is 1.21 bits per heavy atom. The first-order valence-corrected chi connectivity index (χ1v) is 11.1. The van der Waals surface area contributed by atoms with Crippen molar-refractivity contribution in [2.24, 2.45) is 23.2 Å². The maximum Gasteiger partial charge on any atom is 0.324 e. The molecule has 2 saturated heterocycles. The van der Waals surface area contributed by atoms with Crippen LogP contribution in [0.2, 0.25) is 0 Å². The van der Waals surface area contributed by atoms with Crippen LogP contribution in [-0.4, -0.2) is 58.7 Å². The number of carbonyl (C=O) groups is 1. The molecule has 2 atom stereocenters. The van der Waals surface area contributed by atoms with Crippen LogP contribution < -0.4 is 10.2 Å². The fraction of sp³-hybridized carbons (Fsp3) is 0.857. The Kier molecular flexibility index (Phi) is 3.52. The Labute approximate surface area is 166 Å². The van der Waals surface area contributed by atoms with E-state index < -0.39 is 0 Å². The lowest BCUT2D eigenvalue weighted by molar-refractivity contribution is -0.126. The normalized spacial score (nSPS) is 40.9. The van der Waals surface area contributed by atoms with E-state index in [0.29, 0.717) is 47.0 Å². The fourth-order valence-electron chi connectivity index (χ4n) is 6.50. The highest BCUT2D eigenvalue weighted by Crippen LogP contribution is 2.57. The van der Waals surface area contributed by atoms with Crippen LogP contribution in [0.15, 0.2) is 4.52 Å². The number of fused-ring (bicyclic) bond motifs is 1. The number of aryl methyl sites for hydroxylation is 1. The van der Waals surface area contributed by atoms with Gasteiger partial charge in [0.2, 0.25) is 5.91 Å². The van der Waals surface area contributed by atoms with E-state index in [-0.39, 0.29) is 5.54 Å². The SMILES string of the molecule is Cc1noc(N2CCC3(CC(N4CC5C(C4)C5C(=O)NC4(C)CCC4)C3)C2)n1. The molecule has 3 saturated carbocycles. The summed E-state index contributed by atoms with van der Waals surface area (Å²) in [6.07, 6.45) is 7.36. The van der Waals surface area contributed by atoms with Crippen molar-refractivity contribution in [1.82, 2.24) is 20.4 Å². The predicted octanol–water partition coefficient (Wildman–Crippen LogP) is 1.97. The lowest BCUT2D eigenvalue weighted by atomic mass is 9.64. The zero-order chi connectivity index (χ0) is 19.1. The molecule has 1 N–H and O–H groups in total. The highest BCUT2D eigenvalue weighted by Gasteiger charge is 2.62. The second-order valence-corrected chi connectivity index (χ2v) is 10.6. The zero-order valence-corrected chi connectivity index (χ0v) is 17.0. The first-order chi connectivity index (χ1) is 13.4. The minimum atomic E-state index is 0.0965. The Morgan fingerprint density at radius 2 is 1.96 bits per heavy atom. The van der Waals surface area contributed by atoms with E-state index in [4.69, 9.17) is 4.52 Å². The van der Waals surface area contributed by atoms with Gasteiger partial charge in [0, 0.05) is 43.7 Å². The third kappa shape index (κ3) is 2.61. The van der Waals surface area contributed by atoms with Gasteiger partial charge >= 0.3 is 6.01 Å². The van der Waals surface area contributed by atoms with Crippen molar-refractivity contribution in [3.05, 3.63) is 5.82 Å². The maximum atomic E-state index is 12.6. The van der Waals surface area contributed by atoms with E-state index in [1.54, 1.807) is 0 Å². The summed E-state index contributed by atoms with van der Waals surface area (Å²) in [4.78, 5) is 21.9. The summed E-state index contributed by atoms with van der Waals surface area (Å²) in [5, 5.41) is 7.26. The molecule has 1 amide bonds. The zero-order valence-electron chi connectivity index (χ0n) is 17.0. The molecule has 2 unspecified atom stereocenters. The van der Waals surface area contributed by atoms with Crippen LogP contribution >= 0.6 is 0 Å². The average Bonchev–Trinajstić information content (AvgIpc) is 3.05. The molecule has 1 spiro atoms. The van der Waals surface area contributed by atoms with E-state index >= 15 is 0 Å². The lowest BCUT2D eigenvalue weighted by Crippen LogP contribution is -2.54. The van der Waals surface area contributed by atoms with E-state index in [2.05, 4.69) is 32.2 Å². The maximum absolute atomic E-state index is 12.6. The molecule has 5 fully saturated rings. The van der Waals surface area contributed by atoms with Crippen molar-refractivity contribution in [3.63, 3.8) is 0 Å². The summed E-state index contributed by atoms with van der Waals surface area (Å²) in [6.45, 7) is 8.42. The molecule has 1 aromatic rings. The van der Waals surface area contributed by atoms with E-state index in [1.165, 1.54) is 25.7 Å². The molecule has 7 nitrogen and oxygen atoms in total. The van der Waals surface area contributed by atoms with E-state index in [9.17, 15) is 4.79 Å². The molecule has 3 heterocycles. The van der Waals surface area contributed by atoms with Gasteiger partial charge in [0.15, 0.2) is 5.82 Å². The lowest BCUT2D eigenvalue weighted by Gasteiger charge is -2.49. The number of hydrogen-bond donors (Lipinski definition) is 1. The first kappa shape index (κ1) is 17.2. The molecular formula is C21H31N5O2. The van der Waals surface area contributed by atoms with Crippen molar-refractivity contribution in [3.8, 4) is 0 Å². The molecule has 1 aromatic heterocycles. The van der Waals surface area contributed by atoms with Gasteiger partial charge in [0.1, 0.15) is 0 Å². The molecule has 0 aromatic carbocycles. The number of piperidine rings is 1. The van der Waals surface area contributed by atoms with Crippen LogP contribution in [0, 0.1) is 30.1 Å². The molecule has 0 radical (unpaired) electrons. The summed E-state index contributed by atoms with van der Waals surface area (Å²) in [7, 11) is 0. The van der Waals surface area contributed by atoms with Crippen LogP contribution in [0.25, 0.3) is 0 Å². The van der Waals surface area contributed by atoms with Gasteiger partial charge in [-0.1, -0.05) is 5.16 Å². The number of aromatic nitrogens is 2. The van der Waals surface area contributed by atoms with Crippen molar-refractivity contribution in [2.45, 2.75) is 64.0 Å². The largest absolute Gasteiger partial charge is 0.351 e. The Balaban J connectivity index is 0.991. The van der Waals surface area contributed by atoms with Crippen molar-refractivity contribution < 1.29 is 9.32 Å². The highest BCUT2D eigenvalue weighted by molar-refractivity contribution is 5.83. The number of rotatable bonds is 4. The van der Waals surface area contributed by atoms with E-state index in [1.807, 2.05) is 6.92 Å². The van der Waals surface area contributed by atoms with Crippen molar-refractivity contribution in [1.29, 1.82) is 0 Å². The summed E-state index contributed by atoms with van der Waals surface area (Å²) < 4.78 is 5.35. The first-order valence-electron chi connectivity index (χ1n) is 11.1. The predicted molar refractivity (Wildman–Crippen MR) is 104 cm³/mol. The summed E-state index contributed by atoms with van der Waals surface area (Å²) in [5.74, 6) is 2.57.